The first-order chi connectivity index (χ1) is 6.86. The number of carbonyl (C=O) groups excluding carboxylic acids is 1. The number of halogens is 2. The van der Waals surface area contributed by atoms with E-state index in [4.69, 9.17) is 28.9 Å². The van der Waals surface area contributed by atoms with Crippen molar-refractivity contribution >= 4 is 29.1 Å². The Morgan fingerprint density at radius 1 is 1.33 bits per heavy atom. The lowest BCUT2D eigenvalue weighted by molar-refractivity contribution is -0.117. The van der Waals surface area contributed by atoms with Gasteiger partial charge in [-0.05, 0) is 43.0 Å². The molecule has 0 heterocycles. The molecule has 1 amide bonds. The molecular formula is C11H13Cl2NO. The van der Waals surface area contributed by atoms with Crippen molar-refractivity contribution in [1.29, 1.82) is 0 Å². The van der Waals surface area contributed by atoms with Gasteiger partial charge >= 0.3 is 0 Å². The second-order valence-corrected chi connectivity index (χ2v) is 4.44. The maximum atomic E-state index is 11.0. The van der Waals surface area contributed by atoms with Crippen LogP contribution in [0.2, 0.25) is 5.02 Å². The molecule has 0 radical (unpaired) electrons. The Labute approximate surface area is 99.4 Å². The number of aryl methyl sites for hydroxylation is 2. The first-order valence-electron chi connectivity index (χ1n) is 4.55. The van der Waals surface area contributed by atoms with Crippen LogP contribution in [0.3, 0.4) is 0 Å². The molecule has 0 bridgehead atoms. The van der Waals surface area contributed by atoms with E-state index in [9.17, 15) is 4.79 Å². The Bertz CT molecular complexity index is 416. The molecule has 1 rings (SSSR count). The van der Waals surface area contributed by atoms with Crippen LogP contribution in [-0.4, -0.2) is 5.91 Å². The summed E-state index contributed by atoms with van der Waals surface area (Å²) in [6, 6.07) is 1.91. The van der Waals surface area contributed by atoms with Crippen LogP contribution in [-0.2, 0) is 4.79 Å². The number of hydrogen-bond acceptors (Lipinski definition) is 1. The molecule has 1 aromatic carbocycles. The van der Waals surface area contributed by atoms with Crippen LogP contribution in [0.5, 0.6) is 0 Å². The zero-order chi connectivity index (χ0) is 11.7. The summed E-state index contributed by atoms with van der Waals surface area (Å²) < 4.78 is 0. The quantitative estimate of drug-likeness (QED) is 0.801. The fourth-order valence-electron chi connectivity index (χ4n) is 1.71. The summed E-state index contributed by atoms with van der Waals surface area (Å²) in [5.41, 5.74) is 8.64. The van der Waals surface area contributed by atoms with E-state index < -0.39 is 11.3 Å². The number of primary amides is 1. The molecule has 0 spiro atoms. The second-order valence-electron chi connectivity index (χ2n) is 3.63. The highest BCUT2D eigenvalue weighted by molar-refractivity contribution is 6.33. The van der Waals surface area contributed by atoms with Gasteiger partial charge in [-0.1, -0.05) is 17.7 Å². The van der Waals surface area contributed by atoms with Crippen molar-refractivity contribution in [2.75, 3.05) is 0 Å². The molecule has 0 fully saturated rings. The van der Waals surface area contributed by atoms with Gasteiger partial charge < -0.3 is 5.73 Å². The fraction of sp³-hybridized carbons (Fsp3) is 0.364. The topological polar surface area (TPSA) is 43.1 Å². The van der Waals surface area contributed by atoms with Crippen molar-refractivity contribution in [2.24, 2.45) is 5.73 Å². The molecule has 0 aromatic heterocycles. The molecule has 0 saturated carbocycles. The number of benzene rings is 1. The lowest BCUT2D eigenvalue weighted by atomic mass is 9.96. The van der Waals surface area contributed by atoms with E-state index >= 15 is 0 Å². The third-order valence-electron chi connectivity index (χ3n) is 2.44. The maximum Gasteiger partial charge on any atom is 0.240 e. The van der Waals surface area contributed by atoms with Crippen molar-refractivity contribution in [1.82, 2.24) is 0 Å². The minimum Gasteiger partial charge on any atom is -0.368 e. The molecule has 2 nitrogen and oxygen atoms in total. The number of alkyl halides is 1. The number of rotatable bonds is 2. The minimum absolute atomic E-state index is 0.553. The molecule has 0 aliphatic carbocycles. The van der Waals surface area contributed by atoms with Gasteiger partial charge in [-0.3, -0.25) is 4.79 Å². The third-order valence-corrected chi connectivity index (χ3v) is 3.46. The third kappa shape index (κ3) is 2.27. The monoisotopic (exact) mass is 245 g/mol. The minimum atomic E-state index is -0.817. The molecule has 82 valence electrons. The van der Waals surface area contributed by atoms with Crippen molar-refractivity contribution in [2.45, 2.75) is 26.1 Å². The predicted octanol–water partition coefficient (Wildman–Crippen LogP) is 3.03. The molecule has 4 heteroatoms. The van der Waals surface area contributed by atoms with E-state index in [2.05, 4.69) is 0 Å². The van der Waals surface area contributed by atoms with Gasteiger partial charge in [0.1, 0.15) is 5.38 Å². The smallest absolute Gasteiger partial charge is 0.240 e. The van der Waals surface area contributed by atoms with Gasteiger partial charge in [0.05, 0.1) is 0 Å². The largest absolute Gasteiger partial charge is 0.368 e. The number of hydrogen-bond donors (Lipinski definition) is 1. The molecular weight excluding hydrogens is 233 g/mol. The van der Waals surface area contributed by atoms with Crippen LogP contribution in [0.25, 0.3) is 0 Å². The fourth-order valence-corrected chi connectivity index (χ4v) is 2.20. The van der Waals surface area contributed by atoms with E-state index in [0.29, 0.717) is 5.02 Å². The van der Waals surface area contributed by atoms with Crippen LogP contribution in [0.15, 0.2) is 6.07 Å². The zero-order valence-electron chi connectivity index (χ0n) is 8.90. The highest BCUT2D eigenvalue weighted by Crippen LogP contribution is 2.33. The molecule has 2 N–H and O–H groups in total. The van der Waals surface area contributed by atoms with Crippen LogP contribution in [0, 0.1) is 20.8 Å². The lowest BCUT2D eigenvalue weighted by Gasteiger charge is -2.16. The van der Waals surface area contributed by atoms with E-state index in [1.807, 2.05) is 26.8 Å². The van der Waals surface area contributed by atoms with Crippen molar-refractivity contribution < 1.29 is 4.79 Å². The Morgan fingerprint density at radius 3 is 2.33 bits per heavy atom. The molecule has 0 aliphatic rings. The van der Waals surface area contributed by atoms with Crippen LogP contribution >= 0.6 is 23.2 Å². The van der Waals surface area contributed by atoms with Gasteiger partial charge in [0.25, 0.3) is 0 Å². The van der Waals surface area contributed by atoms with Gasteiger partial charge in [-0.15, -0.1) is 11.6 Å². The second kappa shape index (κ2) is 4.42. The average molecular weight is 246 g/mol. The summed E-state index contributed by atoms with van der Waals surface area (Å²) in [6.45, 7) is 5.65. The van der Waals surface area contributed by atoms with E-state index in [-0.39, 0.29) is 0 Å². The Balaban J connectivity index is 3.42. The van der Waals surface area contributed by atoms with Crippen molar-refractivity contribution in [3.63, 3.8) is 0 Å². The SMILES string of the molecule is Cc1cc(C)c(C(Cl)C(N)=O)c(C)c1Cl. The van der Waals surface area contributed by atoms with Gasteiger partial charge in [0.15, 0.2) is 0 Å². The van der Waals surface area contributed by atoms with Gasteiger partial charge in [-0.2, -0.15) is 0 Å². The highest BCUT2D eigenvalue weighted by Gasteiger charge is 2.21. The first kappa shape index (κ1) is 12.3. The molecule has 1 unspecified atom stereocenters. The van der Waals surface area contributed by atoms with Gasteiger partial charge in [-0.25, -0.2) is 0 Å². The Morgan fingerprint density at radius 2 is 1.87 bits per heavy atom. The summed E-state index contributed by atoms with van der Waals surface area (Å²) in [6.07, 6.45) is 0. The zero-order valence-corrected chi connectivity index (χ0v) is 10.4. The normalized spacial score (nSPS) is 12.6. The van der Waals surface area contributed by atoms with Crippen molar-refractivity contribution in [3.8, 4) is 0 Å². The molecule has 1 aromatic rings. The number of carbonyl (C=O) groups is 1. The van der Waals surface area contributed by atoms with Gasteiger partial charge in [0.2, 0.25) is 5.91 Å². The lowest BCUT2D eigenvalue weighted by Crippen LogP contribution is -2.19. The Hall–Kier alpha value is -0.730. The maximum absolute atomic E-state index is 11.0. The van der Waals surface area contributed by atoms with Crippen LogP contribution in [0.1, 0.15) is 27.6 Å². The molecule has 15 heavy (non-hydrogen) atoms. The van der Waals surface area contributed by atoms with E-state index in [1.165, 1.54) is 0 Å². The van der Waals surface area contributed by atoms with Crippen molar-refractivity contribution in [3.05, 3.63) is 33.3 Å². The Kier molecular flexibility index (Phi) is 3.63. The summed E-state index contributed by atoms with van der Waals surface area (Å²) in [5.74, 6) is -0.553. The standard InChI is InChI=1S/C11H13Cl2NO/c1-5-4-6(2)9(12)7(3)8(5)10(13)11(14)15/h4,10H,1-3H3,(H2,14,15). The molecule has 0 aliphatic heterocycles. The first-order valence-corrected chi connectivity index (χ1v) is 5.37. The van der Waals surface area contributed by atoms with Gasteiger partial charge in [0, 0.05) is 5.02 Å². The van der Waals surface area contributed by atoms with Crippen LogP contribution in [0.4, 0.5) is 0 Å². The number of nitrogens with two attached hydrogens (primary N) is 1. The molecule has 1 atom stereocenters. The summed E-state index contributed by atoms with van der Waals surface area (Å²) >= 11 is 12.0. The highest BCUT2D eigenvalue weighted by atomic mass is 35.5. The summed E-state index contributed by atoms with van der Waals surface area (Å²) in [5, 5.41) is -0.175. The molecule has 0 saturated heterocycles. The summed E-state index contributed by atoms with van der Waals surface area (Å²) in [7, 11) is 0. The average Bonchev–Trinajstić information content (AvgIpc) is 2.14. The van der Waals surface area contributed by atoms with E-state index in [1.54, 1.807) is 0 Å². The summed E-state index contributed by atoms with van der Waals surface area (Å²) in [4.78, 5) is 11.0. The number of amides is 1. The van der Waals surface area contributed by atoms with E-state index in [0.717, 1.165) is 22.3 Å². The van der Waals surface area contributed by atoms with Crippen LogP contribution < -0.4 is 5.73 Å². The predicted molar refractivity (Wildman–Crippen MR) is 63.5 cm³/mol.